The van der Waals surface area contributed by atoms with Gasteiger partial charge < -0.3 is 10.1 Å². The zero-order valence-corrected chi connectivity index (χ0v) is 15.1. The van der Waals surface area contributed by atoms with Gasteiger partial charge in [0.15, 0.2) is 0 Å². The molecule has 0 aliphatic heterocycles. The predicted molar refractivity (Wildman–Crippen MR) is 92.3 cm³/mol. The molecule has 0 aliphatic rings. The van der Waals surface area contributed by atoms with Gasteiger partial charge in [0.2, 0.25) is 5.69 Å². The molecule has 1 amide bonds. The maximum atomic E-state index is 12.5. The average Bonchev–Trinajstić information content (AvgIpc) is 3.10. The van der Waals surface area contributed by atoms with Crippen molar-refractivity contribution >= 4 is 33.9 Å². The van der Waals surface area contributed by atoms with Crippen molar-refractivity contribution in [2.24, 2.45) is 0 Å². The molecule has 25 heavy (non-hydrogen) atoms. The van der Waals surface area contributed by atoms with Crippen molar-refractivity contribution in [3.05, 3.63) is 38.0 Å². The number of nitrogens with one attached hydrogen (secondary N) is 1. The molecule has 9 nitrogen and oxygen atoms in total. The lowest BCUT2D eigenvalue weighted by atomic mass is 10.1. The van der Waals surface area contributed by atoms with Crippen LogP contribution in [0.5, 0.6) is 0 Å². The molecule has 0 aliphatic carbocycles. The molecular formula is C15H18N4O5S. The van der Waals surface area contributed by atoms with Gasteiger partial charge in [-0.05, 0) is 33.3 Å². The van der Waals surface area contributed by atoms with Crippen molar-refractivity contribution in [3.63, 3.8) is 0 Å². The number of esters is 1. The lowest BCUT2D eigenvalue weighted by Crippen LogP contribution is -2.16. The minimum Gasteiger partial charge on any atom is -0.462 e. The number of hydrogen-bond donors (Lipinski definition) is 1. The summed E-state index contributed by atoms with van der Waals surface area (Å²) in [6, 6.07) is 0. The Labute approximate surface area is 147 Å². The highest BCUT2D eigenvalue weighted by atomic mass is 32.1. The molecule has 10 heteroatoms. The van der Waals surface area contributed by atoms with Gasteiger partial charge in [-0.3, -0.25) is 19.6 Å². The summed E-state index contributed by atoms with van der Waals surface area (Å²) in [5, 5.41) is 17.9. The lowest BCUT2D eigenvalue weighted by Gasteiger charge is -2.06. The zero-order chi connectivity index (χ0) is 18.7. The number of nitrogens with zero attached hydrogens (tertiary/aromatic N) is 3. The number of nitro groups is 1. The molecule has 2 aromatic rings. The Morgan fingerprint density at radius 3 is 2.64 bits per heavy atom. The Kier molecular flexibility index (Phi) is 5.52. The van der Waals surface area contributed by atoms with E-state index in [1.54, 1.807) is 20.8 Å². The molecule has 2 rings (SSSR count). The number of aromatic nitrogens is 2. The summed E-state index contributed by atoms with van der Waals surface area (Å²) >= 11 is 1.21. The van der Waals surface area contributed by atoms with Gasteiger partial charge >= 0.3 is 11.7 Å². The van der Waals surface area contributed by atoms with E-state index in [9.17, 15) is 19.7 Å². The quantitative estimate of drug-likeness (QED) is 0.477. The van der Waals surface area contributed by atoms with Crippen LogP contribution in [0.25, 0.3) is 0 Å². The van der Waals surface area contributed by atoms with E-state index in [-0.39, 0.29) is 23.6 Å². The summed E-state index contributed by atoms with van der Waals surface area (Å²) in [5.74, 6) is -1.29. The van der Waals surface area contributed by atoms with Crippen molar-refractivity contribution in [1.29, 1.82) is 0 Å². The van der Waals surface area contributed by atoms with Crippen LogP contribution in [0.2, 0.25) is 0 Å². The topological polar surface area (TPSA) is 116 Å². The molecule has 0 radical (unpaired) electrons. The van der Waals surface area contributed by atoms with Gasteiger partial charge in [0.1, 0.15) is 11.2 Å². The van der Waals surface area contributed by atoms with Crippen molar-refractivity contribution in [2.45, 2.75) is 34.2 Å². The van der Waals surface area contributed by atoms with E-state index in [2.05, 4.69) is 10.4 Å². The number of amides is 1. The van der Waals surface area contributed by atoms with Crippen LogP contribution in [0.1, 0.15) is 45.1 Å². The number of carbonyl (C=O) groups is 2. The van der Waals surface area contributed by atoms with Crippen LogP contribution in [0.3, 0.4) is 0 Å². The van der Waals surface area contributed by atoms with Crippen LogP contribution < -0.4 is 5.32 Å². The van der Waals surface area contributed by atoms with Crippen LogP contribution in [0.15, 0.2) is 6.20 Å². The second-order valence-corrected chi connectivity index (χ2v) is 6.36. The summed E-state index contributed by atoms with van der Waals surface area (Å²) in [5.41, 5.74) is 0.273. The molecule has 2 aromatic heterocycles. The number of rotatable bonds is 6. The molecule has 2 heterocycles. The average molecular weight is 366 g/mol. The highest BCUT2D eigenvalue weighted by Gasteiger charge is 2.28. The predicted octanol–water partition coefficient (Wildman–Crippen LogP) is 2.92. The van der Waals surface area contributed by atoms with E-state index in [0.717, 1.165) is 4.88 Å². The molecule has 0 unspecified atom stereocenters. The van der Waals surface area contributed by atoms with Crippen molar-refractivity contribution in [1.82, 2.24) is 9.78 Å². The third-order valence-electron chi connectivity index (χ3n) is 3.57. The van der Waals surface area contributed by atoms with Crippen molar-refractivity contribution in [2.75, 3.05) is 11.9 Å². The van der Waals surface area contributed by atoms with Gasteiger partial charge in [-0.25, -0.2) is 4.79 Å². The zero-order valence-electron chi connectivity index (χ0n) is 14.3. The van der Waals surface area contributed by atoms with Gasteiger partial charge in [0.25, 0.3) is 5.91 Å². The molecule has 0 bridgehead atoms. The summed E-state index contributed by atoms with van der Waals surface area (Å²) in [7, 11) is 0. The highest BCUT2D eigenvalue weighted by Crippen LogP contribution is 2.33. The monoisotopic (exact) mass is 366 g/mol. The fourth-order valence-corrected chi connectivity index (χ4v) is 3.24. The van der Waals surface area contributed by atoms with Crippen molar-refractivity contribution in [3.8, 4) is 0 Å². The largest absolute Gasteiger partial charge is 0.462 e. The first kappa shape index (κ1) is 18.6. The van der Waals surface area contributed by atoms with Crippen molar-refractivity contribution < 1.29 is 19.2 Å². The second kappa shape index (κ2) is 7.43. The normalized spacial score (nSPS) is 10.6. The van der Waals surface area contributed by atoms with Crippen LogP contribution in [-0.2, 0) is 11.3 Å². The molecule has 0 aromatic carbocycles. The minimum atomic E-state index is -0.745. The smallest absolute Gasteiger partial charge is 0.341 e. The maximum Gasteiger partial charge on any atom is 0.341 e. The van der Waals surface area contributed by atoms with Gasteiger partial charge in [-0.2, -0.15) is 5.10 Å². The minimum absolute atomic E-state index is 0.201. The number of hydrogen-bond acceptors (Lipinski definition) is 7. The summed E-state index contributed by atoms with van der Waals surface area (Å²) < 4.78 is 6.33. The number of aryl methyl sites for hydroxylation is 2. The second-order valence-electron chi connectivity index (χ2n) is 5.14. The van der Waals surface area contributed by atoms with Gasteiger partial charge in [-0.1, -0.05) is 0 Å². The lowest BCUT2D eigenvalue weighted by molar-refractivity contribution is -0.385. The Morgan fingerprint density at radius 2 is 2.08 bits per heavy atom. The Bertz CT molecular complexity index is 839. The fourth-order valence-electron chi connectivity index (χ4n) is 2.19. The summed E-state index contributed by atoms with van der Waals surface area (Å²) in [6.07, 6.45) is 1.20. The van der Waals surface area contributed by atoms with E-state index >= 15 is 0 Å². The molecule has 0 fully saturated rings. The highest BCUT2D eigenvalue weighted by molar-refractivity contribution is 7.16. The SMILES string of the molecule is CCOC(=O)c1c(NC(=O)c2nn(CC)cc2[N+](=O)[O-])sc(C)c1C. The molecule has 134 valence electrons. The standard InChI is InChI=1S/C15H18N4O5S/c1-5-18-7-10(19(22)23)12(17-18)13(20)16-14-11(15(21)24-6-2)8(3)9(4)25-14/h7H,5-6H2,1-4H3,(H,16,20). The first-order valence-electron chi connectivity index (χ1n) is 7.60. The maximum absolute atomic E-state index is 12.5. The Balaban J connectivity index is 2.39. The summed E-state index contributed by atoms with van der Waals surface area (Å²) in [4.78, 5) is 35.9. The van der Waals surface area contributed by atoms with E-state index in [0.29, 0.717) is 17.1 Å². The third-order valence-corrected chi connectivity index (χ3v) is 4.69. The molecule has 1 N–H and O–H groups in total. The van der Waals surface area contributed by atoms with Crippen LogP contribution in [0.4, 0.5) is 10.7 Å². The Hall–Kier alpha value is -2.75. The van der Waals surface area contributed by atoms with E-state index in [1.807, 2.05) is 6.92 Å². The summed E-state index contributed by atoms with van der Waals surface area (Å²) in [6.45, 7) is 7.59. The molecule has 0 atom stereocenters. The van der Waals surface area contributed by atoms with Gasteiger partial charge in [-0.15, -0.1) is 11.3 Å². The molecule has 0 saturated carbocycles. The molecule has 0 spiro atoms. The number of thiophene rings is 1. The van der Waals surface area contributed by atoms with Gasteiger partial charge in [0, 0.05) is 11.4 Å². The molecule has 0 saturated heterocycles. The van der Waals surface area contributed by atoms with Gasteiger partial charge in [0.05, 0.1) is 17.1 Å². The van der Waals surface area contributed by atoms with E-state index in [1.165, 1.54) is 22.2 Å². The third kappa shape index (κ3) is 3.68. The van der Waals surface area contributed by atoms with Crippen LogP contribution in [-0.4, -0.2) is 33.2 Å². The number of anilines is 1. The van der Waals surface area contributed by atoms with Crippen LogP contribution in [0, 0.1) is 24.0 Å². The van der Waals surface area contributed by atoms with Crippen LogP contribution >= 0.6 is 11.3 Å². The Morgan fingerprint density at radius 1 is 1.40 bits per heavy atom. The van der Waals surface area contributed by atoms with E-state index < -0.39 is 16.8 Å². The van der Waals surface area contributed by atoms with E-state index in [4.69, 9.17) is 4.74 Å². The number of ether oxygens (including phenoxy) is 1. The first-order chi connectivity index (χ1) is 11.8. The number of carbonyl (C=O) groups excluding carboxylic acids is 2. The first-order valence-corrected chi connectivity index (χ1v) is 8.42. The fraction of sp³-hybridized carbons (Fsp3) is 0.400. The molecular weight excluding hydrogens is 348 g/mol.